The van der Waals surface area contributed by atoms with Crippen molar-refractivity contribution in [3.8, 4) is 0 Å². The molecule has 3 N–H and O–H groups in total. The molecule has 1 aromatic carbocycles. The van der Waals surface area contributed by atoms with E-state index < -0.39 is 0 Å². The smallest absolute Gasteiger partial charge is 0.238 e. The lowest BCUT2D eigenvalue weighted by atomic mass is 10.0. The van der Waals surface area contributed by atoms with Gasteiger partial charge in [-0.05, 0) is 56.5 Å². The summed E-state index contributed by atoms with van der Waals surface area (Å²) in [6.45, 7) is 6.24. The Morgan fingerprint density at radius 3 is 2.86 bits per heavy atom. The van der Waals surface area contributed by atoms with Crippen LogP contribution >= 0.6 is 24.0 Å². The van der Waals surface area contributed by atoms with Crippen molar-refractivity contribution in [3.05, 3.63) is 28.8 Å². The van der Waals surface area contributed by atoms with Crippen LogP contribution in [0.15, 0.2) is 18.2 Å². The van der Waals surface area contributed by atoms with Crippen molar-refractivity contribution in [1.82, 2.24) is 4.90 Å². The van der Waals surface area contributed by atoms with Crippen LogP contribution in [0, 0.1) is 12.8 Å². The van der Waals surface area contributed by atoms with Gasteiger partial charge in [-0.3, -0.25) is 9.69 Å². The van der Waals surface area contributed by atoms with Gasteiger partial charge in [-0.15, -0.1) is 12.4 Å². The molecular formula is C15H23Cl2N3O. The van der Waals surface area contributed by atoms with E-state index in [2.05, 4.69) is 10.2 Å². The molecule has 1 aromatic rings. The van der Waals surface area contributed by atoms with Gasteiger partial charge in [0.15, 0.2) is 0 Å². The fourth-order valence-electron chi connectivity index (χ4n) is 2.60. The molecule has 2 rings (SSSR count). The Bertz CT molecular complexity index is 494. The molecule has 2 unspecified atom stereocenters. The topological polar surface area (TPSA) is 58.4 Å². The summed E-state index contributed by atoms with van der Waals surface area (Å²) in [7, 11) is 0. The third-order valence-corrected chi connectivity index (χ3v) is 4.12. The molecule has 0 aromatic heterocycles. The van der Waals surface area contributed by atoms with Crippen molar-refractivity contribution in [2.45, 2.75) is 26.3 Å². The lowest BCUT2D eigenvalue weighted by molar-refractivity contribution is -0.117. The molecule has 118 valence electrons. The quantitative estimate of drug-likeness (QED) is 0.891. The van der Waals surface area contributed by atoms with Crippen LogP contribution in [-0.2, 0) is 4.79 Å². The molecule has 1 amide bonds. The monoisotopic (exact) mass is 331 g/mol. The van der Waals surface area contributed by atoms with E-state index in [1.54, 1.807) is 6.07 Å². The average molecular weight is 332 g/mol. The van der Waals surface area contributed by atoms with Crippen LogP contribution < -0.4 is 11.1 Å². The largest absolute Gasteiger partial charge is 0.328 e. The number of hydrogen-bond acceptors (Lipinski definition) is 3. The summed E-state index contributed by atoms with van der Waals surface area (Å²) in [6.07, 6.45) is 1.07. The summed E-state index contributed by atoms with van der Waals surface area (Å²) in [6, 6.07) is 5.66. The number of anilines is 1. The van der Waals surface area contributed by atoms with Crippen molar-refractivity contribution in [1.29, 1.82) is 0 Å². The highest BCUT2D eigenvalue weighted by Gasteiger charge is 2.26. The molecule has 1 aliphatic rings. The zero-order chi connectivity index (χ0) is 14.7. The van der Waals surface area contributed by atoms with E-state index in [0.29, 0.717) is 17.5 Å². The first-order valence-electron chi connectivity index (χ1n) is 6.99. The van der Waals surface area contributed by atoms with Gasteiger partial charge in [-0.1, -0.05) is 11.6 Å². The van der Waals surface area contributed by atoms with Gasteiger partial charge in [0, 0.05) is 23.3 Å². The Labute approximate surface area is 137 Å². The number of likely N-dealkylation sites (tertiary alicyclic amines) is 1. The van der Waals surface area contributed by atoms with Crippen LogP contribution in [0.1, 0.15) is 18.9 Å². The highest BCUT2D eigenvalue weighted by atomic mass is 35.5. The van der Waals surface area contributed by atoms with Gasteiger partial charge in [-0.25, -0.2) is 0 Å². The maximum absolute atomic E-state index is 12.1. The van der Waals surface area contributed by atoms with Crippen molar-refractivity contribution in [2.24, 2.45) is 11.7 Å². The highest BCUT2D eigenvalue weighted by Crippen LogP contribution is 2.21. The van der Waals surface area contributed by atoms with Gasteiger partial charge >= 0.3 is 0 Å². The summed E-state index contributed by atoms with van der Waals surface area (Å²) in [5.41, 5.74) is 7.70. The van der Waals surface area contributed by atoms with Crippen molar-refractivity contribution < 1.29 is 4.79 Å². The van der Waals surface area contributed by atoms with Crippen LogP contribution in [0.5, 0.6) is 0 Å². The number of carbonyl (C=O) groups is 1. The minimum atomic E-state index is 0. The Morgan fingerprint density at radius 1 is 1.57 bits per heavy atom. The molecule has 0 saturated carbocycles. The van der Waals surface area contributed by atoms with E-state index in [4.69, 9.17) is 17.3 Å². The number of amides is 1. The molecule has 1 heterocycles. The van der Waals surface area contributed by atoms with Gasteiger partial charge in [0.05, 0.1) is 6.54 Å². The summed E-state index contributed by atoms with van der Waals surface area (Å²) in [5, 5.41) is 3.62. The summed E-state index contributed by atoms with van der Waals surface area (Å²) >= 11 is 5.90. The standard InChI is InChI=1S/C15H22ClN3O.ClH/c1-10-7-13(16)3-4-14(10)18-15(20)9-19-6-5-12(8-19)11(2)17;/h3-4,7,11-12H,5-6,8-9,17H2,1-2H3,(H,18,20);1H. The first-order valence-corrected chi connectivity index (χ1v) is 7.37. The molecule has 1 aliphatic heterocycles. The van der Waals surface area contributed by atoms with Crippen LogP contribution in [-0.4, -0.2) is 36.5 Å². The van der Waals surface area contributed by atoms with Crippen molar-refractivity contribution in [2.75, 3.05) is 25.0 Å². The fourth-order valence-corrected chi connectivity index (χ4v) is 2.82. The number of aryl methyl sites for hydroxylation is 1. The maximum atomic E-state index is 12.1. The Balaban J connectivity index is 0.00000220. The minimum Gasteiger partial charge on any atom is -0.328 e. The minimum absolute atomic E-state index is 0. The number of halogens is 2. The molecule has 0 radical (unpaired) electrons. The molecule has 6 heteroatoms. The first kappa shape index (κ1) is 18.2. The lowest BCUT2D eigenvalue weighted by Crippen LogP contribution is -2.34. The van der Waals surface area contributed by atoms with Gasteiger partial charge in [0.1, 0.15) is 0 Å². The zero-order valence-electron chi connectivity index (χ0n) is 12.4. The molecule has 4 nitrogen and oxygen atoms in total. The number of carbonyl (C=O) groups excluding carboxylic acids is 1. The van der Waals surface area contributed by atoms with E-state index in [-0.39, 0.29) is 24.4 Å². The number of hydrogen-bond donors (Lipinski definition) is 2. The third-order valence-electron chi connectivity index (χ3n) is 3.88. The molecule has 1 fully saturated rings. The predicted octanol–water partition coefficient (Wildman–Crippen LogP) is 2.68. The highest BCUT2D eigenvalue weighted by molar-refractivity contribution is 6.30. The Hall–Kier alpha value is -0.810. The first-order chi connectivity index (χ1) is 9.45. The second-order valence-electron chi connectivity index (χ2n) is 5.65. The van der Waals surface area contributed by atoms with Gasteiger partial charge < -0.3 is 11.1 Å². The number of nitrogens with zero attached hydrogens (tertiary/aromatic N) is 1. The van der Waals surface area contributed by atoms with E-state index in [0.717, 1.165) is 30.8 Å². The van der Waals surface area contributed by atoms with Crippen molar-refractivity contribution in [3.63, 3.8) is 0 Å². The van der Waals surface area contributed by atoms with Crippen LogP contribution in [0.25, 0.3) is 0 Å². The number of benzene rings is 1. The van der Waals surface area contributed by atoms with E-state index >= 15 is 0 Å². The Morgan fingerprint density at radius 2 is 2.29 bits per heavy atom. The molecule has 2 atom stereocenters. The second-order valence-corrected chi connectivity index (χ2v) is 6.09. The number of nitrogens with one attached hydrogen (secondary N) is 1. The summed E-state index contributed by atoms with van der Waals surface area (Å²) < 4.78 is 0. The molecule has 0 bridgehead atoms. The van der Waals surface area contributed by atoms with Crippen molar-refractivity contribution >= 4 is 35.6 Å². The molecule has 21 heavy (non-hydrogen) atoms. The average Bonchev–Trinajstić information content (AvgIpc) is 2.81. The summed E-state index contributed by atoms with van der Waals surface area (Å²) in [4.78, 5) is 14.2. The van der Waals surface area contributed by atoms with E-state index in [9.17, 15) is 4.79 Å². The molecule has 0 spiro atoms. The SMILES string of the molecule is Cc1cc(Cl)ccc1NC(=O)CN1CCC(C(C)N)C1.Cl. The molecule has 1 saturated heterocycles. The van der Waals surface area contributed by atoms with Crippen LogP contribution in [0.4, 0.5) is 5.69 Å². The van der Waals surface area contributed by atoms with Gasteiger partial charge in [0.2, 0.25) is 5.91 Å². The molecular weight excluding hydrogens is 309 g/mol. The van der Waals surface area contributed by atoms with Gasteiger partial charge in [0.25, 0.3) is 0 Å². The van der Waals surface area contributed by atoms with Crippen LogP contribution in [0.2, 0.25) is 5.02 Å². The van der Waals surface area contributed by atoms with E-state index in [1.807, 2.05) is 26.0 Å². The Kier molecular flexibility index (Phi) is 6.94. The number of nitrogens with two attached hydrogens (primary N) is 1. The number of rotatable bonds is 4. The lowest BCUT2D eigenvalue weighted by Gasteiger charge is -2.17. The zero-order valence-corrected chi connectivity index (χ0v) is 14.0. The second kappa shape index (κ2) is 7.99. The van der Waals surface area contributed by atoms with Crippen LogP contribution in [0.3, 0.4) is 0 Å². The normalized spacial score (nSPS) is 19.9. The molecule has 0 aliphatic carbocycles. The van der Waals surface area contributed by atoms with E-state index in [1.165, 1.54) is 0 Å². The summed E-state index contributed by atoms with van der Waals surface area (Å²) in [5.74, 6) is 0.515. The van der Waals surface area contributed by atoms with Gasteiger partial charge in [-0.2, -0.15) is 0 Å². The predicted molar refractivity (Wildman–Crippen MR) is 90.3 cm³/mol. The fraction of sp³-hybridized carbons (Fsp3) is 0.533. The third kappa shape index (κ3) is 5.15. The maximum Gasteiger partial charge on any atom is 0.238 e.